The van der Waals surface area contributed by atoms with Gasteiger partial charge in [0.2, 0.25) is 0 Å². The quantitative estimate of drug-likeness (QED) is 0.266. The summed E-state index contributed by atoms with van der Waals surface area (Å²) in [4.78, 5) is 14.5. The Bertz CT molecular complexity index is 1390. The molecule has 1 fully saturated rings. The lowest BCUT2D eigenvalue weighted by Gasteiger charge is -2.19. The van der Waals surface area contributed by atoms with E-state index in [1.54, 1.807) is 18.2 Å². The zero-order valence-corrected chi connectivity index (χ0v) is 23.2. The smallest absolute Gasteiger partial charge is 0.337 e. The molecule has 0 bridgehead atoms. The molecule has 1 saturated heterocycles. The number of hydrogen-bond donors (Lipinski definition) is 0. The monoisotopic (exact) mass is 569 g/mol. The first-order valence-corrected chi connectivity index (χ1v) is 13.8. The molecular formula is C31H30Cl2FNO4. The Morgan fingerprint density at radius 3 is 2.74 bits per heavy atom. The molecule has 0 spiro atoms. The molecule has 2 aliphatic heterocycles. The van der Waals surface area contributed by atoms with Gasteiger partial charge in [0.1, 0.15) is 17.6 Å². The Morgan fingerprint density at radius 2 is 1.95 bits per heavy atom. The molecule has 8 heteroatoms. The van der Waals surface area contributed by atoms with Gasteiger partial charge in [0.15, 0.2) is 0 Å². The average Bonchev–Trinajstić information content (AvgIpc) is 3.29. The predicted octanol–water partition coefficient (Wildman–Crippen LogP) is 7.33. The number of benzene rings is 3. The number of halogens is 3. The number of carbonyl (C=O) groups is 1. The van der Waals surface area contributed by atoms with E-state index in [1.807, 2.05) is 42.5 Å². The second-order valence-electron chi connectivity index (χ2n) is 9.68. The van der Waals surface area contributed by atoms with Crippen LogP contribution in [0.1, 0.15) is 46.3 Å². The summed E-state index contributed by atoms with van der Waals surface area (Å²) >= 11 is 12.9. The number of ether oxygens (including phenoxy) is 3. The van der Waals surface area contributed by atoms with Gasteiger partial charge in [-0.25, -0.2) is 4.79 Å². The lowest BCUT2D eigenvalue weighted by atomic mass is 9.87. The van der Waals surface area contributed by atoms with Gasteiger partial charge in [-0.05, 0) is 77.6 Å². The van der Waals surface area contributed by atoms with Crippen LogP contribution in [0.4, 0.5) is 4.39 Å². The number of rotatable bonds is 8. The molecule has 0 unspecified atom stereocenters. The normalized spacial score (nSPS) is 17.4. The fraction of sp³-hybridized carbons (Fsp3) is 0.323. The zero-order chi connectivity index (χ0) is 27.4. The molecule has 0 N–H and O–H groups in total. The van der Waals surface area contributed by atoms with Gasteiger partial charge in [-0.1, -0.05) is 41.4 Å². The van der Waals surface area contributed by atoms with Crippen LogP contribution in [0, 0.1) is 0 Å². The summed E-state index contributed by atoms with van der Waals surface area (Å²) in [5.74, 6) is 0.931. The molecular weight excluding hydrogens is 540 g/mol. The Morgan fingerprint density at radius 1 is 1.10 bits per heavy atom. The third-order valence-corrected chi connectivity index (χ3v) is 7.65. The van der Waals surface area contributed by atoms with E-state index in [-0.39, 0.29) is 12.8 Å². The Balaban J connectivity index is 1.57. The molecule has 1 atom stereocenters. The van der Waals surface area contributed by atoms with E-state index in [2.05, 4.69) is 4.90 Å². The van der Waals surface area contributed by atoms with Gasteiger partial charge in [-0.2, -0.15) is 0 Å². The van der Waals surface area contributed by atoms with E-state index in [0.717, 1.165) is 59.6 Å². The molecule has 0 amide bonds. The highest BCUT2D eigenvalue weighted by Crippen LogP contribution is 2.44. The third kappa shape index (κ3) is 6.24. The number of carbonyl (C=O) groups excluding carboxylic acids is 1. The van der Waals surface area contributed by atoms with E-state index >= 15 is 0 Å². The van der Waals surface area contributed by atoms with Gasteiger partial charge in [-0.15, -0.1) is 0 Å². The predicted molar refractivity (Wildman–Crippen MR) is 153 cm³/mol. The van der Waals surface area contributed by atoms with Crippen molar-refractivity contribution in [2.45, 2.75) is 25.4 Å². The van der Waals surface area contributed by atoms with Crippen LogP contribution < -0.4 is 9.47 Å². The van der Waals surface area contributed by atoms with Gasteiger partial charge in [-0.3, -0.25) is 9.29 Å². The zero-order valence-electron chi connectivity index (χ0n) is 21.7. The van der Waals surface area contributed by atoms with Crippen LogP contribution in [0.3, 0.4) is 0 Å². The number of nitrogens with zero attached hydrogens (tertiary/aromatic N) is 1. The van der Waals surface area contributed by atoms with Gasteiger partial charge < -0.3 is 14.2 Å². The summed E-state index contributed by atoms with van der Waals surface area (Å²) in [6, 6.07) is 18.9. The van der Waals surface area contributed by atoms with E-state index in [9.17, 15) is 9.18 Å². The first-order chi connectivity index (χ1) is 19.0. The van der Waals surface area contributed by atoms with Gasteiger partial charge in [0.25, 0.3) is 0 Å². The van der Waals surface area contributed by atoms with Crippen molar-refractivity contribution in [3.63, 3.8) is 0 Å². The topological polar surface area (TPSA) is 48.0 Å². The number of likely N-dealkylation sites (tertiary alicyclic amines) is 1. The minimum atomic E-state index is -0.426. The minimum Gasteiger partial charge on any atom is -0.493 e. The molecule has 0 aliphatic carbocycles. The number of alkyl halides is 1. The van der Waals surface area contributed by atoms with Crippen molar-refractivity contribution in [1.82, 2.24) is 4.90 Å². The van der Waals surface area contributed by atoms with Crippen molar-refractivity contribution < 1.29 is 23.4 Å². The number of methoxy groups -OCH3 is 1. The Labute approximate surface area is 238 Å². The molecule has 0 saturated carbocycles. The van der Waals surface area contributed by atoms with Crippen LogP contribution in [0.2, 0.25) is 10.0 Å². The lowest BCUT2D eigenvalue weighted by molar-refractivity contribution is 0.0600. The molecule has 0 aromatic heterocycles. The third-order valence-electron chi connectivity index (χ3n) is 7.10. The summed E-state index contributed by atoms with van der Waals surface area (Å²) in [5, 5.41) is 1.11. The molecule has 204 valence electrons. The Hall–Kier alpha value is -3.06. The van der Waals surface area contributed by atoms with Gasteiger partial charge in [0.05, 0.1) is 26.0 Å². The summed E-state index contributed by atoms with van der Waals surface area (Å²) < 4.78 is 30.1. The maximum absolute atomic E-state index is 12.6. The van der Waals surface area contributed by atoms with Crippen LogP contribution >= 0.6 is 23.2 Å². The summed E-state index contributed by atoms with van der Waals surface area (Å²) in [6.07, 6.45) is 2.09. The molecule has 39 heavy (non-hydrogen) atoms. The fourth-order valence-electron chi connectivity index (χ4n) is 5.27. The molecule has 0 radical (unpaired) electrons. The second kappa shape index (κ2) is 12.4. The number of esters is 1. The van der Waals surface area contributed by atoms with E-state index in [4.69, 9.17) is 37.4 Å². The number of hydrogen-bond acceptors (Lipinski definition) is 5. The maximum Gasteiger partial charge on any atom is 0.337 e. The van der Waals surface area contributed by atoms with Crippen LogP contribution in [-0.4, -0.2) is 57.0 Å². The highest BCUT2D eigenvalue weighted by atomic mass is 35.5. The molecule has 5 nitrogen and oxygen atoms in total. The average molecular weight is 570 g/mol. The molecule has 2 heterocycles. The van der Waals surface area contributed by atoms with Gasteiger partial charge in [0, 0.05) is 41.7 Å². The molecule has 5 rings (SSSR count). The molecule has 3 aromatic carbocycles. The lowest BCUT2D eigenvalue weighted by Crippen LogP contribution is -2.26. The van der Waals surface area contributed by atoms with E-state index in [1.165, 1.54) is 7.11 Å². The molecule has 2 aliphatic rings. The van der Waals surface area contributed by atoms with Crippen LogP contribution in [-0.2, 0) is 4.74 Å². The first-order valence-electron chi connectivity index (χ1n) is 13.1. The van der Waals surface area contributed by atoms with Crippen molar-refractivity contribution in [3.8, 4) is 11.5 Å². The van der Waals surface area contributed by atoms with Gasteiger partial charge >= 0.3 is 5.97 Å². The minimum absolute atomic E-state index is 0.0476. The van der Waals surface area contributed by atoms with E-state index in [0.29, 0.717) is 40.8 Å². The Kier molecular flexibility index (Phi) is 8.75. The standard InChI is InChI=1S/C31H30Cl2FNO4/c1-37-31(36)21-6-8-27-29(17-21)38-15-11-26(25-9-7-22(32)18-28(25)33)30(27)20-4-2-5-23(16-20)39-24-10-14-35(19-24)13-3-12-34/h2,4-9,16-18,24H,3,10-15,19H2,1H3/t24-/m1/s1. The number of fused-ring (bicyclic) bond motifs is 1. The van der Waals surface area contributed by atoms with Crippen LogP contribution in [0.15, 0.2) is 60.7 Å². The fourth-order valence-corrected chi connectivity index (χ4v) is 5.80. The molecule has 3 aromatic rings. The van der Waals surface area contributed by atoms with Crippen molar-refractivity contribution >= 4 is 40.3 Å². The summed E-state index contributed by atoms with van der Waals surface area (Å²) in [6.45, 7) is 2.54. The SMILES string of the molecule is COC(=O)c1ccc2c(c1)OCCC(c1ccc(Cl)cc1Cl)=C2c1cccc(O[C@@H]2CCN(CCCF)C2)c1. The van der Waals surface area contributed by atoms with Crippen molar-refractivity contribution in [2.24, 2.45) is 0 Å². The summed E-state index contributed by atoms with van der Waals surface area (Å²) in [7, 11) is 1.36. The van der Waals surface area contributed by atoms with E-state index < -0.39 is 5.97 Å². The summed E-state index contributed by atoms with van der Waals surface area (Å²) in [5.41, 5.74) is 5.03. The first kappa shape index (κ1) is 27.5. The van der Waals surface area contributed by atoms with Crippen molar-refractivity contribution in [1.29, 1.82) is 0 Å². The van der Waals surface area contributed by atoms with Crippen molar-refractivity contribution in [3.05, 3.63) is 93.0 Å². The van der Waals surface area contributed by atoms with Crippen LogP contribution in [0.25, 0.3) is 11.1 Å². The van der Waals surface area contributed by atoms with Crippen LogP contribution in [0.5, 0.6) is 11.5 Å². The second-order valence-corrected chi connectivity index (χ2v) is 10.5. The largest absolute Gasteiger partial charge is 0.493 e. The highest BCUT2D eigenvalue weighted by molar-refractivity contribution is 6.36. The maximum atomic E-state index is 12.6. The highest BCUT2D eigenvalue weighted by Gasteiger charge is 2.26. The van der Waals surface area contributed by atoms with Crippen molar-refractivity contribution in [2.75, 3.05) is 40.0 Å².